The van der Waals surface area contributed by atoms with Crippen LogP contribution in [0, 0.1) is 17.1 Å². The summed E-state index contributed by atoms with van der Waals surface area (Å²) < 4.78 is 13.2. The smallest absolute Gasteiger partial charge is 0.125 e. The molecule has 1 saturated carbocycles. The molecule has 4 heteroatoms. The van der Waals surface area contributed by atoms with E-state index in [1.165, 1.54) is 12.1 Å². The van der Waals surface area contributed by atoms with Crippen molar-refractivity contribution in [2.45, 2.75) is 31.8 Å². The summed E-state index contributed by atoms with van der Waals surface area (Å²) in [5.41, 5.74) is 0.829. The van der Waals surface area contributed by atoms with Crippen molar-refractivity contribution in [3.8, 4) is 6.07 Å². The number of anilines is 1. The third-order valence-electron chi connectivity index (χ3n) is 3.13. The third kappa shape index (κ3) is 3.44. The van der Waals surface area contributed by atoms with Crippen LogP contribution in [0.1, 0.15) is 19.8 Å². The molecule has 1 N–H and O–H groups in total. The molecule has 1 unspecified atom stereocenters. The number of benzene rings is 1. The average molecular weight is 247 g/mol. The van der Waals surface area contributed by atoms with Gasteiger partial charge in [0.2, 0.25) is 0 Å². The number of nitriles is 1. The molecule has 0 radical (unpaired) electrons. The van der Waals surface area contributed by atoms with Gasteiger partial charge in [0.15, 0.2) is 0 Å². The number of likely N-dealkylation sites (N-methyl/N-ethyl adjacent to an activating group) is 1. The van der Waals surface area contributed by atoms with E-state index in [4.69, 9.17) is 5.26 Å². The molecule has 2 rings (SSSR count). The van der Waals surface area contributed by atoms with Crippen LogP contribution in [0.15, 0.2) is 24.3 Å². The van der Waals surface area contributed by atoms with Crippen molar-refractivity contribution in [3.63, 3.8) is 0 Å². The molecule has 96 valence electrons. The lowest BCUT2D eigenvalue weighted by Crippen LogP contribution is -2.41. The van der Waals surface area contributed by atoms with E-state index in [9.17, 15) is 4.39 Å². The molecule has 0 aromatic heterocycles. The number of hydrogen-bond donors (Lipinski definition) is 1. The van der Waals surface area contributed by atoms with E-state index in [0.29, 0.717) is 12.6 Å². The fourth-order valence-corrected chi connectivity index (χ4v) is 1.98. The van der Waals surface area contributed by atoms with Crippen LogP contribution >= 0.6 is 0 Å². The molecule has 3 nitrogen and oxygen atoms in total. The SMILES string of the molecule is CCN(CC(C#N)NC1CC1)c1cccc(F)c1. The minimum Gasteiger partial charge on any atom is -0.369 e. The summed E-state index contributed by atoms with van der Waals surface area (Å²) in [5, 5.41) is 12.4. The second-order valence-electron chi connectivity index (χ2n) is 4.64. The van der Waals surface area contributed by atoms with Gasteiger partial charge in [-0.1, -0.05) is 6.07 Å². The Labute approximate surface area is 107 Å². The number of rotatable bonds is 6. The molecule has 1 fully saturated rings. The summed E-state index contributed by atoms with van der Waals surface area (Å²) in [6.07, 6.45) is 2.31. The van der Waals surface area contributed by atoms with Crippen LogP contribution in [0.4, 0.5) is 10.1 Å². The van der Waals surface area contributed by atoms with Gasteiger partial charge in [0, 0.05) is 24.8 Å². The highest BCUT2D eigenvalue weighted by Gasteiger charge is 2.25. The van der Waals surface area contributed by atoms with Gasteiger partial charge in [-0.05, 0) is 38.0 Å². The van der Waals surface area contributed by atoms with Crippen LogP contribution in [-0.2, 0) is 0 Å². The molecule has 1 aliphatic rings. The fourth-order valence-electron chi connectivity index (χ4n) is 1.98. The number of halogens is 1. The predicted octanol–water partition coefficient (Wildman–Crippen LogP) is 2.30. The minimum absolute atomic E-state index is 0.194. The molecule has 18 heavy (non-hydrogen) atoms. The van der Waals surface area contributed by atoms with Gasteiger partial charge in [0.05, 0.1) is 6.07 Å². The van der Waals surface area contributed by atoms with Crippen LogP contribution in [0.3, 0.4) is 0 Å². The predicted molar refractivity (Wildman–Crippen MR) is 69.8 cm³/mol. The Kier molecular flexibility index (Phi) is 4.16. The minimum atomic E-state index is -0.241. The first-order valence-electron chi connectivity index (χ1n) is 6.39. The molecule has 0 bridgehead atoms. The molecule has 0 saturated heterocycles. The van der Waals surface area contributed by atoms with Gasteiger partial charge in [-0.25, -0.2) is 4.39 Å². The van der Waals surface area contributed by atoms with E-state index in [2.05, 4.69) is 11.4 Å². The molecule has 0 aliphatic heterocycles. The summed E-state index contributed by atoms with van der Waals surface area (Å²) in [7, 11) is 0. The summed E-state index contributed by atoms with van der Waals surface area (Å²) in [4.78, 5) is 2.02. The summed E-state index contributed by atoms with van der Waals surface area (Å²) in [5.74, 6) is -0.241. The Morgan fingerprint density at radius 3 is 2.89 bits per heavy atom. The van der Waals surface area contributed by atoms with Crippen molar-refractivity contribution in [3.05, 3.63) is 30.1 Å². The number of nitrogens with one attached hydrogen (secondary N) is 1. The Morgan fingerprint density at radius 1 is 1.56 bits per heavy atom. The van der Waals surface area contributed by atoms with Crippen molar-refractivity contribution >= 4 is 5.69 Å². The lowest BCUT2D eigenvalue weighted by molar-refractivity contribution is 0.581. The normalized spacial score (nSPS) is 16.1. The second kappa shape index (κ2) is 5.83. The van der Waals surface area contributed by atoms with Crippen molar-refractivity contribution in [2.75, 3.05) is 18.0 Å². The standard InChI is InChI=1S/C14H18FN3/c1-2-18(14-5-3-4-11(15)8-14)10-13(9-16)17-12-6-7-12/h3-5,8,12-13,17H,2,6-7,10H2,1H3. The van der Waals surface area contributed by atoms with Gasteiger partial charge in [-0.15, -0.1) is 0 Å². The van der Waals surface area contributed by atoms with Crippen molar-refractivity contribution < 1.29 is 4.39 Å². The van der Waals surface area contributed by atoms with E-state index in [0.717, 1.165) is 25.1 Å². The van der Waals surface area contributed by atoms with Gasteiger partial charge >= 0.3 is 0 Å². The summed E-state index contributed by atoms with van der Waals surface area (Å²) >= 11 is 0. The largest absolute Gasteiger partial charge is 0.369 e. The van der Waals surface area contributed by atoms with Crippen LogP contribution in [0.2, 0.25) is 0 Å². The van der Waals surface area contributed by atoms with Crippen LogP contribution in [-0.4, -0.2) is 25.2 Å². The quantitative estimate of drug-likeness (QED) is 0.838. The molecule has 0 heterocycles. The number of nitrogens with zero attached hydrogens (tertiary/aromatic N) is 2. The topological polar surface area (TPSA) is 39.1 Å². The zero-order chi connectivity index (χ0) is 13.0. The van der Waals surface area contributed by atoms with Gasteiger partial charge in [-0.3, -0.25) is 5.32 Å². The average Bonchev–Trinajstić information content (AvgIpc) is 3.18. The zero-order valence-corrected chi connectivity index (χ0v) is 10.6. The lowest BCUT2D eigenvalue weighted by atomic mass is 10.2. The molecule has 1 atom stereocenters. The maximum Gasteiger partial charge on any atom is 0.125 e. The molecule has 1 aliphatic carbocycles. The Balaban J connectivity index is 2.01. The first-order chi connectivity index (χ1) is 8.72. The van der Waals surface area contributed by atoms with Crippen LogP contribution < -0.4 is 10.2 Å². The molecule has 1 aromatic carbocycles. The highest BCUT2D eigenvalue weighted by Crippen LogP contribution is 2.20. The van der Waals surface area contributed by atoms with E-state index >= 15 is 0 Å². The fraction of sp³-hybridized carbons (Fsp3) is 0.500. The van der Waals surface area contributed by atoms with Gasteiger partial charge in [0.1, 0.15) is 11.9 Å². The highest BCUT2D eigenvalue weighted by molar-refractivity contribution is 5.46. The van der Waals surface area contributed by atoms with E-state index < -0.39 is 0 Å². The second-order valence-corrected chi connectivity index (χ2v) is 4.64. The summed E-state index contributed by atoms with van der Waals surface area (Å²) in [6.45, 7) is 3.36. The Hall–Kier alpha value is -1.60. The van der Waals surface area contributed by atoms with Crippen molar-refractivity contribution in [1.29, 1.82) is 5.26 Å². The first kappa shape index (κ1) is 12.8. The van der Waals surface area contributed by atoms with Gasteiger partial charge < -0.3 is 4.90 Å². The van der Waals surface area contributed by atoms with Crippen LogP contribution in [0.25, 0.3) is 0 Å². The first-order valence-corrected chi connectivity index (χ1v) is 6.39. The van der Waals surface area contributed by atoms with Crippen molar-refractivity contribution in [2.24, 2.45) is 0 Å². The summed E-state index contributed by atoms with van der Waals surface area (Å²) in [6, 6.07) is 9.09. The molecular formula is C14H18FN3. The molecule has 0 amide bonds. The van der Waals surface area contributed by atoms with E-state index in [1.54, 1.807) is 6.07 Å². The monoisotopic (exact) mass is 247 g/mol. The Morgan fingerprint density at radius 2 is 2.33 bits per heavy atom. The van der Waals surface area contributed by atoms with E-state index in [1.807, 2.05) is 17.9 Å². The lowest BCUT2D eigenvalue weighted by Gasteiger charge is -2.26. The van der Waals surface area contributed by atoms with Crippen LogP contribution in [0.5, 0.6) is 0 Å². The van der Waals surface area contributed by atoms with Crippen molar-refractivity contribution in [1.82, 2.24) is 5.32 Å². The zero-order valence-electron chi connectivity index (χ0n) is 10.6. The van der Waals surface area contributed by atoms with E-state index in [-0.39, 0.29) is 11.9 Å². The third-order valence-corrected chi connectivity index (χ3v) is 3.13. The number of hydrogen-bond acceptors (Lipinski definition) is 3. The van der Waals surface area contributed by atoms with Gasteiger partial charge in [0.25, 0.3) is 0 Å². The van der Waals surface area contributed by atoms with Gasteiger partial charge in [-0.2, -0.15) is 5.26 Å². The maximum absolute atomic E-state index is 13.2. The highest BCUT2D eigenvalue weighted by atomic mass is 19.1. The Bertz CT molecular complexity index is 437. The maximum atomic E-state index is 13.2. The molecule has 1 aromatic rings. The molecular weight excluding hydrogens is 229 g/mol. The molecule has 0 spiro atoms.